The monoisotopic (exact) mass is 318 g/mol. The Morgan fingerprint density at radius 1 is 1.22 bits per heavy atom. The van der Waals surface area contributed by atoms with Gasteiger partial charge in [-0.05, 0) is 18.4 Å². The van der Waals surface area contributed by atoms with E-state index in [-0.39, 0.29) is 12.0 Å². The number of amides is 1. The van der Waals surface area contributed by atoms with Crippen molar-refractivity contribution < 1.29 is 14.6 Å². The topological polar surface area (TPSA) is 53.0 Å². The van der Waals surface area contributed by atoms with Gasteiger partial charge in [0.2, 0.25) is 5.91 Å². The van der Waals surface area contributed by atoms with Crippen LogP contribution in [0.3, 0.4) is 0 Å². The molecule has 5 nitrogen and oxygen atoms in total. The molecule has 5 heteroatoms. The second-order valence-electron chi connectivity index (χ2n) is 6.45. The van der Waals surface area contributed by atoms with Crippen LogP contribution in [0.15, 0.2) is 30.3 Å². The first-order valence-corrected chi connectivity index (χ1v) is 8.57. The molecule has 2 atom stereocenters. The minimum atomic E-state index is -0.467. The van der Waals surface area contributed by atoms with Crippen LogP contribution in [0.4, 0.5) is 0 Å². The van der Waals surface area contributed by atoms with E-state index < -0.39 is 6.10 Å². The van der Waals surface area contributed by atoms with Crippen molar-refractivity contribution in [2.75, 3.05) is 39.3 Å². The Labute approximate surface area is 137 Å². The molecule has 1 aromatic carbocycles. The zero-order valence-electron chi connectivity index (χ0n) is 13.6. The van der Waals surface area contributed by atoms with Crippen LogP contribution in [-0.4, -0.2) is 66.2 Å². The lowest BCUT2D eigenvalue weighted by molar-refractivity contribution is -0.135. The molecule has 2 aliphatic heterocycles. The molecule has 3 rings (SSSR count). The first-order valence-electron chi connectivity index (χ1n) is 8.57. The second kappa shape index (κ2) is 7.90. The van der Waals surface area contributed by atoms with Crippen molar-refractivity contribution in [2.45, 2.75) is 31.5 Å². The van der Waals surface area contributed by atoms with E-state index in [9.17, 15) is 9.90 Å². The molecule has 2 unspecified atom stereocenters. The molecule has 126 valence electrons. The fourth-order valence-corrected chi connectivity index (χ4v) is 3.33. The fraction of sp³-hybridized carbons (Fsp3) is 0.611. The first-order chi connectivity index (χ1) is 11.2. The molecular weight excluding hydrogens is 292 g/mol. The summed E-state index contributed by atoms with van der Waals surface area (Å²) in [6.07, 6.45) is 2.26. The van der Waals surface area contributed by atoms with Crippen LogP contribution < -0.4 is 0 Å². The molecule has 2 saturated heterocycles. The number of hydrogen-bond donors (Lipinski definition) is 1. The number of carbonyl (C=O) groups is 1. The van der Waals surface area contributed by atoms with E-state index >= 15 is 0 Å². The standard InChI is InChI=1S/C18H26N2O3/c21-17(15-5-2-1-3-6-15)14-19-8-10-20(11-9-19)18(22)13-16-7-4-12-23-16/h1-3,5-6,16-17,21H,4,7-14H2. The van der Waals surface area contributed by atoms with E-state index in [0.717, 1.165) is 51.2 Å². The van der Waals surface area contributed by atoms with Gasteiger partial charge in [0.05, 0.1) is 18.6 Å². The number of β-amino-alcohol motifs (C(OH)–C–C–N with tert-alkyl or cyclic N) is 1. The van der Waals surface area contributed by atoms with Crippen LogP contribution in [0, 0.1) is 0 Å². The minimum Gasteiger partial charge on any atom is -0.387 e. The van der Waals surface area contributed by atoms with Crippen molar-refractivity contribution in [1.29, 1.82) is 0 Å². The molecule has 0 spiro atoms. The Hall–Kier alpha value is -1.43. The highest BCUT2D eigenvalue weighted by Crippen LogP contribution is 2.18. The highest BCUT2D eigenvalue weighted by atomic mass is 16.5. The van der Waals surface area contributed by atoms with Gasteiger partial charge in [0.15, 0.2) is 0 Å². The summed E-state index contributed by atoms with van der Waals surface area (Å²) >= 11 is 0. The Balaban J connectivity index is 1.42. The van der Waals surface area contributed by atoms with E-state index in [0.29, 0.717) is 13.0 Å². The van der Waals surface area contributed by atoms with E-state index in [1.807, 2.05) is 35.2 Å². The van der Waals surface area contributed by atoms with Crippen LogP contribution in [0.1, 0.15) is 30.9 Å². The molecule has 2 aliphatic rings. The van der Waals surface area contributed by atoms with Gasteiger partial charge in [-0.15, -0.1) is 0 Å². The third-order valence-electron chi connectivity index (χ3n) is 4.77. The number of benzene rings is 1. The normalized spacial score (nSPS) is 23.9. The number of ether oxygens (including phenoxy) is 1. The third-order valence-corrected chi connectivity index (χ3v) is 4.77. The average molecular weight is 318 g/mol. The highest BCUT2D eigenvalue weighted by Gasteiger charge is 2.26. The average Bonchev–Trinajstić information content (AvgIpc) is 3.09. The molecular formula is C18H26N2O3. The zero-order chi connectivity index (χ0) is 16.1. The SMILES string of the molecule is O=C(CC1CCCO1)N1CCN(CC(O)c2ccccc2)CC1. The Morgan fingerprint density at radius 3 is 2.61 bits per heavy atom. The van der Waals surface area contributed by atoms with Gasteiger partial charge in [-0.3, -0.25) is 9.69 Å². The number of hydrogen-bond acceptors (Lipinski definition) is 4. The molecule has 0 aromatic heterocycles. The van der Waals surface area contributed by atoms with Crippen LogP contribution in [0.25, 0.3) is 0 Å². The van der Waals surface area contributed by atoms with Crippen LogP contribution in [0.5, 0.6) is 0 Å². The molecule has 0 aliphatic carbocycles. The van der Waals surface area contributed by atoms with Gasteiger partial charge in [-0.25, -0.2) is 0 Å². The Bertz CT molecular complexity index is 494. The molecule has 23 heavy (non-hydrogen) atoms. The highest BCUT2D eigenvalue weighted by molar-refractivity contribution is 5.76. The summed E-state index contributed by atoms with van der Waals surface area (Å²) in [6.45, 7) is 4.54. The van der Waals surface area contributed by atoms with Gasteiger partial charge in [0, 0.05) is 39.3 Å². The van der Waals surface area contributed by atoms with Crippen LogP contribution in [-0.2, 0) is 9.53 Å². The summed E-state index contributed by atoms with van der Waals surface area (Å²) in [7, 11) is 0. The summed E-state index contributed by atoms with van der Waals surface area (Å²) in [5, 5.41) is 10.3. The molecule has 1 amide bonds. The van der Waals surface area contributed by atoms with Crippen LogP contribution in [0.2, 0.25) is 0 Å². The smallest absolute Gasteiger partial charge is 0.225 e. The predicted octanol–water partition coefficient (Wildman–Crippen LogP) is 1.43. The maximum absolute atomic E-state index is 12.3. The molecule has 1 aromatic rings. The largest absolute Gasteiger partial charge is 0.387 e. The Morgan fingerprint density at radius 2 is 1.96 bits per heavy atom. The quantitative estimate of drug-likeness (QED) is 0.892. The van der Waals surface area contributed by atoms with E-state index in [1.54, 1.807) is 0 Å². The van der Waals surface area contributed by atoms with Crippen molar-refractivity contribution in [3.63, 3.8) is 0 Å². The van der Waals surface area contributed by atoms with E-state index in [2.05, 4.69) is 4.90 Å². The second-order valence-corrected chi connectivity index (χ2v) is 6.45. The van der Waals surface area contributed by atoms with Crippen molar-refractivity contribution in [3.05, 3.63) is 35.9 Å². The van der Waals surface area contributed by atoms with Gasteiger partial charge < -0.3 is 14.7 Å². The fourth-order valence-electron chi connectivity index (χ4n) is 3.33. The molecule has 0 saturated carbocycles. The van der Waals surface area contributed by atoms with Crippen LogP contribution >= 0.6 is 0 Å². The summed E-state index contributed by atoms with van der Waals surface area (Å²) in [5.41, 5.74) is 0.949. The summed E-state index contributed by atoms with van der Waals surface area (Å²) in [5.74, 6) is 0.208. The molecule has 1 N–H and O–H groups in total. The number of aliphatic hydroxyl groups is 1. The summed E-state index contributed by atoms with van der Waals surface area (Å²) < 4.78 is 5.55. The van der Waals surface area contributed by atoms with Crippen molar-refractivity contribution in [2.24, 2.45) is 0 Å². The van der Waals surface area contributed by atoms with Gasteiger partial charge in [-0.2, -0.15) is 0 Å². The van der Waals surface area contributed by atoms with Gasteiger partial charge >= 0.3 is 0 Å². The maximum Gasteiger partial charge on any atom is 0.225 e. The minimum absolute atomic E-state index is 0.125. The van der Waals surface area contributed by atoms with Crippen molar-refractivity contribution in [3.8, 4) is 0 Å². The number of piperazine rings is 1. The lowest BCUT2D eigenvalue weighted by Gasteiger charge is -2.36. The number of rotatable bonds is 5. The van der Waals surface area contributed by atoms with Gasteiger partial charge in [0.25, 0.3) is 0 Å². The third kappa shape index (κ3) is 4.53. The molecule has 2 heterocycles. The van der Waals surface area contributed by atoms with E-state index in [1.165, 1.54) is 0 Å². The Kier molecular flexibility index (Phi) is 5.65. The summed E-state index contributed by atoms with van der Waals surface area (Å²) in [4.78, 5) is 16.4. The molecule has 0 radical (unpaired) electrons. The van der Waals surface area contributed by atoms with Gasteiger partial charge in [0.1, 0.15) is 0 Å². The number of carbonyl (C=O) groups excluding carboxylic acids is 1. The maximum atomic E-state index is 12.3. The number of aliphatic hydroxyl groups excluding tert-OH is 1. The van der Waals surface area contributed by atoms with Crippen molar-refractivity contribution in [1.82, 2.24) is 9.80 Å². The predicted molar refractivity (Wildman–Crippen MR) is 88.0 cm³/mol. The van der Waals surface area contributed by atoms with Crippen molar-refractivity contribution >= 4 is 5.91 Å². The summed E-state index contributed by atoms with van der Waals surface area (Å²) in [6, 6.07) is 9.74. The van der Waals surface area contributed by atoms with E-state index in [4.69, 9.17) is 4.74 Å². The lowest BCUT2D eigenvalue weighted by Crippen LogP contribution is -2.50. The lowest BCUT2D eigenvalue weighted by atomic mass is 10.1. The zero-order valence-corrected chi connectivity index (χ0v) is 13.6. The molecule has 0 bridgehead atoms. The van der Waals surface area contributed by atoms with Gasteiger partial charge in [-0.1, -0.05) is 30.3 Å². The molecule has 2 fully saturated rings. The first kappa shape index (κ1) is 16.4. The number of nitrogens with zero attached hydrogens (tertiary/aromatic N) is 2.